The van der Waals surface area contributed by atoms with Crippen molar-refractivity contribution in [3.63, 3.8) is 0 Å². The molecule has 0 amide bonds. The summed E-state index contributed by atoms with van der Waals surface area (Å²) in [6, 6.07) is 0. The number of rotatable bonds is 4. The van der Waals surface area contributed by atoms with Gasteiger partial charge in [-0.15, -0.1) is 0 Å². The van der Waals surface area contributed by atoms with E-state index in [2.05, 4.69) is 9.47 Å². The van der Waals surface area contributed by atoms with Gasteiger partial charge in [0, 0.05) is 12.3 Å². The van der Waals surface area contributed by atoms with E-state index in [1.807, 2.05) is 13.8 Å². The fraction of sp³-hybridized carbons (Fsp3) is 0.643. The lowest BCUT2D eigenvalue weighted by Gasteiger charge is -2.31. The molecule has 1 aliphatic carbocycles. The molecule has 0 heterocycles. The van der Waals surface area contributed by atoms with E-state index in [0.29, 0.717) is 12.8 Å². The van der Waals surface area contributed by atoms with Gasteiger partial charge in [-0.2, -0.15) is 0 Å². The quantitative estimate of drug-likeness (QED) is 0.573. The van der Waals surface area contributed by atoms with Gasteiger partial charge in [0.1, 0.15) is 0 Å². The first kappa shape index (κ1) is 15.4. The van der Waals surface area contributed by atoms with Gasteiger partial charge in [0.05, 0.1) is 19.8 Å². The minimum atomic E-state index is -0.610. The minimum Gasteiger partial charge on any atom is -0.469 e. The largest absolute Gasteiger partial charge is 0.469 e. The van der Waals surface area contributed by atoms with Crippen LogP contribution in [0.3, 0.4) is 0 Å². The first-order valence-electron chi connectivity index (χ1n) is 6.23. The van der Waals surface area contributed by atoms with Gasteiger partial charge in [-0.25, -0.2) is 4.79 Å². The zero-order chi connectivity index (χ0) is 14.6. The van der Waals surface area contributed by atoms with Crippen LogP contribution in [0.4, 0.5) is 0 Å². The van der Waals surface area contributed by atoms with E-state index in [9.17, 15) is 14.4 Å². The molecule has 1 unspecified atom stereocenters. The molecule has 0 radical (unpaired) electrons. The lowest BCUT2D eigenvalue weighted by atomic mass is 9.72. The fourth-order valence-electron chi connectivity index (χ4n) is 2.37. The maximum Gasteiger partial charge on any atom is 0.341 e. The summed E-state index contributed by atoms with van der Waals surface area (Å²) in [6.07, 6.45) is 2.85. The highest BCUT2D eigenvalue weighted by Gasteiger charge is 2.37. The van der Waals surface area contributed by atoms with Crippen LogP contribution in [0.25, 0.3) is 0 Å². The summed E-state index contributed by atoms with van der Waals surface area (Å²) in [5, 5.41) is 0. The zero-order valence-corrected chi connectivity index (χ0v) is 11.8. The number of methoxy groups -OCH3 is 2. The van der Waals surface area contributed by atoms with E-state index < -0.39 is 5.97 Å². The third-order valence-corrected chi connectivity index (χ3v) is 3.27. The zero-order valence-electron chi connectivity index (χ0n) is 11.8. The molecule has 106 valence electrons. The molecule has 1 aliphatic rings. The Bertz CT molecular complexity index is 420. The number of ether oxygens (including phenoxy) is 2. The van der Waals surface area contributed by atoms with Crippen LogP contribution in [-0.4, -0.2) is 31.9 Å². The molecule has 0 aromatic rings. The second-order valence-corrected chi connectivity index (χ2v) is 5.42. The molecule has 0 aromatic heterocycles. The van der Waals surface area contributed by atoms with Crippen molar-refractivity contribution in [3.8, 4) is 0 Å². The van der Waals surface area contributed by atoms with Gasteiger partial charge >= 0.3 is 11.9 Å². The number of hydrogen-bond donors (Lipinski definition) is 0. The van der Waals surface area contributed by atoms with Crippen LogP contribution in [0.2, 0.25) is 0 Å². The van der Waals surface area contributed by atoms with Crippen LogP contribution < -0.4 is 0 Å². The lowest BCUT2D eigenvalue weighted by Crippen LogP contribution is -2.33. The Balaban J connectivity index is 2.87. The van der Waals surface area contributed by atoms with Crippen molar-refractivity contribution in [1.29, 1.82) is 0 Å². The Kier molecular flexibility index (Phi) is 4.86. The van der Waals surface area contributed by atoms with Crippen LogP contribution in [0.1, 0.15) is 33.1 Å². The van der Waals surface area contributed by atoms with Gasteiger partial charge in [-0.1, -0.05) is 19.9 Å². The molecule has 5 heteroatoms. The molecule has 0 bridgehead atoms. The molecule has 0 spiro atoms. The molecule has 0 fully saturated rings. The smallest absolute Gasteiger partial charge is 0.341 e. The summed E-state index contributed by atoms with van der Waals surface area (Å²) in [6.45, 7) is 3.90. The summed E-state index contributed by atoms with van der Waals surface area (Å²) >= 11 is 0. The molecule has 0 saturated heterocycles. The number of allylic oxidation sites excluding steroid dienone is 1. The predicted octanol–water partition coefficient (Wildman–Crippen LogP) is 1.65. The van der Waals surface area contributed by atoms with E-state index in [1.165, 1.54) is 14.2 Å². The molecule has 1 rings (SSSR count). The van der Waals surface area contributed by atoms with Crippen molar-refractivity contribution >= 4 is 17.7 Å². The highest BCUT2D eigenvalue weighted by Crippen LogP contribution is 2.37. The van der Waals surface area contributed by atoms with Crippen LogP contribution in [0.15, 0.2) is 11.6 Å². The number of esters is 2. The van der Waals surface area contributed by atoms with E-state index in [0.717, 1.165) is 0 Å². The highest BCUT2D eigenvalue weighted by atomic mass is 16.5. The normalized spacial score (nSPS) is 21.6. The maximum atomic E-state index is 12.2. The molecular formula is C14H20O5. The van der Waals surface area contributed by atoms with Crippen LogP contribution in [-0.2, 0) is 23.9 Å². The van der Waals surface area contributed by atoms with E-state index in [-0.39, 0.29) is 35.1 Å². The van der Waals surface area contributed by atoms with Crippen molar-refractivity contribution in [2.75, 3.05) is 14.2 Å². The molecule has 0 saturated carbocycles. The number of carbonyl (C=O) groups is 3. The number of hydrogen-bond acceptors (Lipinski definition) is 5. The summed E-state index contributed by atoms with van der Waals surface area (Å²) in [5.41, 5.74) is -0.174. The molecule has 0 N–H and O–H groups in total. The molecule has 1 atom stereocenters. The van der Waals surface area contributed by atoms with Gasteiger partial charge in [0.2, 0.25) is 0 Å². The Hall–Kier alpha value is -1.65. The van der Waals surface area contributed by atoms with E-state index >= 15 is 0 Å². The first-order valence-corrected chi connectivity index (χ1v) is 6.23. The third-order valence-electron chi connectivity index (χ3n) is 3.27. The van der Waals surface area contributed by atoms with Crippen LogP contribution in [0, 0.1) is 11.3 Å². The van der Waals surface area contributed by atoms with Gasteiger partial charge in [0.25, 0.3) is 0 Å². The van der Waals surface area contributed by atoms with Crippen molar-refractivity contribution < 1.29 is 23.9 Å². The Labute approximate surface area is 112 Å². The SMILES string of the molecule is COC(=O)CCC1CC(C)(C)C=C(C(=O)OC)C1=O. The number of ketones is 1. The summed E-state index contributed by atoms with van der Waals surface area (Å²) < 4.78 is 9.20. The van der Waals surface area contributed by atoms with Crippen molar-refractivity contribution in [2.24, 2.45) is 11.3 Å². The van der Waals surface area contributed by atoms with Crippen LogP contribution >= 0.6 is 0 Å². The second-order valence-electron chi connectivity index (χ2n) is 5.42. The number of carbonyl (C=O) groups excluding carboxylic acids is 3. The van der Waals surface area contributed by atoms with Crippen molar-refractivity contribution in [2.45, 2.75) is 33.1 Å². The van der Waals surface area contributed by atoms with E-state index in [1.54, 1.807) is 6.08 Å². The Morgan fingerprint density at radius 1 is 1.32 bits per heavy atom. The molecule has 0 aliphatic heterocycles. The average molecular weight is 268 g/mol. The molecular weight excluding hydrogens is 248 g/mol. The number of Topliss-reactive ketones (excluding diaryl/α,β-unsaturated/α-hetero) is 1. The first-order chi connectivity index (χ1) is 8.80. The molecule has 0 aromatic carbocycles. The van der Waals surface area contributed by atoms with E-state index in [4.69, 9.17) is 0 Å². The Morgan fingerprint density at radius 2 is 1.95 bits per heavy atom. The van der Waals surface area contributed by atoms with Gasteiger partial charge in [0.15, 0.2) is 5.78 Å². The Morgan fingerprint density at radius 3 is 2.47 bits per heavy atom. The fourth-order valence-corrected chi connectivity index (χ4v) is 2.37. The standard InChI is InChI=1S/C14H20O5/c1-14(2)7-9(5-6-11(15)18-3)12(16)10(8-14)13(17)19-4/h8-9H,5-7H2,1-4H3. The second kappa shape index (κ2) is 5.99. The summed E-state index contributed by atoms with van der Waals surface area (Å²) in [7, 11) is 2.57. The minimum absolute atomic E-state index is 0.0913. The average Bonchev–Trinajstić information content (AvgIpc) is 2.37. The predicted molar refractivity (Wildman–Crippen MR) is 68.2 cm³/mol. The monoisotopic (exact) mass is 268 g/mol. The van der Waals surface area contributed by atoms with Crippen molar-refractivity contribution in [1.82, 2.24) is 0 Å². The van der Waals surface area contributed by atoms with Crippen molar-refractivity contribution in [3.05, 3.63) is 11.6 Å². The summed E-state index contributed by atoms with van der Waals surface area (Å²) in [4.78, 5) is 34.9. The molecule has 19 heavy (non-hydrogen) atoms. The van der Waals surface area contributed by atoms with Gasteiger partial charge < -0.3 is 9.47 Å². The molecule has 5 nitrogen and oxygen atoms in total. The maximum absolute atomic E-state index is 12.2. The van der Waals surface area contributed by atoms with Crippen LogP contribution in [0.5, 0.6) is 0 Å². The van der Waals surface area contributed by atoms with Gasteiger partial charge in [-0.05, 0) is 18.3 Å². The third kappa shape index (κ3) is 3.91. The topological polar surface area (TPSA) is 69.7 Å². The summed E-state index contributed by atoms with van der Waals surface area (Å²) in [5.74, 6) is -1.54. The lowest BCUT2D eigenvalue weighted by molar-refractivity contribution is -0.141. The highest BCUT2D eigenvalue weighted by molar-refractivity contribution is 6.18. The van der Waals surface area contributed by atoms with Gasteiger partial charge in [-0.3, -0.25) is 9.59 Å².